The molecule has 0 aliphatic heterocycles. The molecule has 0 aliphatic carbocycles. The first-order valence-corrected chi connectivity index (χ1v) is 17.8. The molecule has 8 heteroatoms. The second-order valence-corrected chi connectivity index (χ2v) is 11.6. The monoisotopic (exact) mass is 752 g/mol. The summed E-state index contributed by atoms with van der Waals surface area (Å²) in [6.45, 7) is 5.59. The van der Waals surface area contributed by atoms with Crippen molar-refractivity contribution in [3.05, 3.63) is 131 Å². The Morgan fingerprint density at radius 1 is 0.348 bits per heavy atom. The van der Waals surface area contributed by atoms with Crippen LogP contribution in [0.4, 0.5) is 0 Å². The van der Waals surface area contributed by atoms with Crippen LogP contribution in [0.5, 0.6) is 11.5 Å². The Labute approximate surface area is 289 Å². The number of halogens is 2. The molecule has 0 heterocycles. The molecule has 0 aliphatic rings. The molecule has 0 amide bonds. The molecule has 6 nitrogen and oxygen atoms in total. The first-order valence-electron chi connectivity index (χ1n) is 15.5. The van der Waals surface area contributed by atoms with Crippen molar-refractivity contribution in [2.24, 2.45) is 0 Å². The molecule has 244 valence electrons. The highest BCUT2D eigenvalue weighted by atomic mass is 79.9. The summed E-state index contributed by atoms with van der Waals surface area (Å²) >= 11 is 6.70. The van der Waals surface area contributed by atoms with E-state index in [9.17, 15) is 0 Å². The molecule has 0 atom stereocenters. The van der Waals surface area contributed by atoms with Gasteiger partial charge in [0.1, 0.15) is 24.7 Å². The maximum atomic E-state index is 5.97. The Morgan fingerprint density at radius 2 is 0.652 bits per heavy atom. The van der Waals surface area contributed by atoms with Gasteiger partial charge in [-0.25, -0.2) is 0 Å². The highest BCUT2D eigenvalue weighted by molar-refractivity contribution is 9.09. The topological polar surface area (TPSA) is 55.4 Å². The Hall–Kier alpha value is -2.98. The van der Waals surface area contributed by atoms with Crippen LogP contribution in [0.2, 0.25) is 0 Å². The molecule has 4 aromatic rings. The van der Waals surface area contributed by atoms with Crippen molar-refractivity contribution in [3.63, 3.8) is 0 Å². The fraction of sp³-hybridized carbons (Fsp3) is 0.316. The zero-order valence-electron chi connectivity index (χ0n) is 26.1. The highest BCUT2D eigenvalue weighted by Crippen LogP contribution is 2.37. The van der Waals surface area contributed by atoms with Gasteiger partial charge in [-0.15, -0.1) is 0 Å². The lowest BCUT2D eigenvalue weighted by atomic mass is 9.86. The van der Waals surface area contributed by atoms with Gasteiger partial charge in [-0.1, -0.05) is 117 Å². The van der Waals surface area contributed by atoms with Crippen LogP contribution in [0.3, 0.4) is 0 Å². The van der Waals surface area contributed by atoms with E-state index in [0.717, 1.165) is 55.6 Å². The van der Waals surface area contributed by atoms with Crippen molar-refractivity contribution < 1.29 is 28.4 Å². The average Bonchev–Trinajstić information content (AvgIpc) is 3.11. The van der Waals surface area contributed by atoms with Crippen LogP contribution in [0, 0.1) is 0 Å². The molecule has 0 saturated carbocycles. The third-order valence-electron chi connectivity index (χ3n) is 6.84. The molecule has 0 aromatic heterocycles. The van der Waals surface area contributed by atoms with E-state index in [1.54, 1.807) is 0 Å². The van der Waals surface area contributed by atoms with E-state index in [1.165, 1.54) is 0 Å². The van der Waals surface area contributed by atoms with Crippen molar-refractivity contribution in [2.75, 3.05) is 76.7 Å². The zero-order chi connectivity index (χ0) is 32.1. The largest absolute Gasteiger partial charge is 0.491 e. The predicted octanol–water partition coefficient (Wildman–Crippen LogP) is 8.31. The number of hydrogen-bond donors (Lipinski definition) is 0. The maximum Gasteiger partial charge on any atom is 0.119 e. The Morgan fingerprint density at radius 3 is 1.00 bits per heavy atom. The smallest absolute Gasteiger partial charge is 0.119 e. The van der Waals surface area contributed by atoms with Gasteiger partial charge < -0.3 is 28.4 Å². The van der Waals surface area contributed by atoms with Crippen LogP contribution in [0.25, 0.3) is 11.1 Å². The zero-order valence-corrected chi connectivity index (χ0v) is 29.3. The third-order valence-corrected chi connectivity index (χ3v) is 7.49. The molecule has 0 spiro atoms. The maximum absolute atomic E-state index is 5.97. The van der Waals surface area contributed by atoms with Crippen LogP contribution >= 0.6 is 31.9 Å². The van der Waals surface area contributed by atoms with E-state index in [0.29, 0.717) is 66.1 Å². The third kappa shape index (κ3) is 12.3. The van der Waals surface area contributed by atoms with E-state index in [1.807, 2.05) is 36.4 Å². The molecule has 0 N–H and O–H groups in total. The SMILES string of the molecule is BrCCOCCOCCOc1ccc(C(=C(c2ccccc2)c2ccc(OCCOCCOCCBr)cc2)c2ccccc2)cc1. The van der Waals surface area contributed by atoms with E-state index < -0.39 is 0 Å². The Balaban J connectivity index is 1.51. The summed E-state index contributed by atoms with van der Waals surface area (Å²) < 4.78 is 34.0. The Kier molecular flexibility index (Phi) is 17.0. The van der Waals surface area contributed by atoms with Crippen molar-refractivity contribution in [1.29, 1.82) is 0 Å². The van der Waals surface area contributed by atoms with Crippen LogP contribution < -0.4 is 9.47 Å². The fourth-order valence-electron chi connectivity index (χ4n) is 4.75. The van der Waals surface area contributed by atoms with Gasteiger partial charge in [0.25, 0.3) is 0 Å². The quantitative estimate of drug-likeness (QED) is 0.0458. The van der Waals surface area contributed by atoms with Gasteiger partial charge in [-0.3, -0.25) is 0 Å². The predicted molar refractivity (Wildman–Crippen MR) is 193 cm³/mol. The van der Waals surface area contributed by atoms with Crippen molar-refractivity contribution in [1.82, 2.24) is 0 Å². The molecular weight excluding hydrogens is 712 g/mol. The van der Waals surface area contributed by atoms with Gasteiger partial charge in [-0.2, -0.15) is 0 Å². The summed E-state index contributed by atoms with van der Waals surface area (Å²) in [5, 5.41) is 1.65. The lowest BCUT2D eigenvalue weighted by molar-refractivity contribution is 0.0414. The number of hydrogen-bond acceptors (Lipinski definition) is 6. The second kappa shape index (κ2) is 21.7. The standard InChI is InChI=1S/C38H42Br2O6/c39-19-21-41-23-25-43-27-29-45-35-15-11-33(12-16-35)37(31-7-3-1-4-8-31)38(32-9-5-2-6-10-32)34-13-17-36(18-14-34)46-30-28-44-26-24-42-22-20-40/h1-18H,19-30H2. The summed E-state index contributed by atoms with van der Waals surface area (Å²) in [6, 6.07) is 37.6. The highest BCUT2D eigenvalue weighted by Gasteiger charge is 2.16. The van der Waals surface area contributed by atoms with E-state index in [-0.39, 0.29) is 0 Å². The molecule has 0 radical (unpaired) electrons. The second-order valence-electron chi connectivity index (χ2n) is 10.1. The van der Waals surface area contributed by atoms with Gasteiger partial charge in [0.2, 0.25) is 0 Å². The van der Waals surface area contributed by atoms with E-state index >= 15 is 0 Å². The number of ether oxygens (including phenoxy) is 6. The fourth-order valence-corrected chi connectivity index (χ4v) is 5.20. The molecule has 0 bridgehead atoms. The lowest BCUT2D eigenvalue weighted by Crippen LogP contribution is -2.11. The van der Waals surface area contributed by atoms with Crippen molar-refractivity contribution >= 4 is 43.0 Å². The minimum absolute atomic E-state index is 0.473. The first-order chi connectivity index (χ1) is 22.8. The van der Waals surface area contributed by atoms with Gasteiger partial charge >= 0.3 is 0 Å². The van der Waals surface area contributed by atoms with Crippen LogP contribution in [-0.4, -0.2) is 76.7 Å². The van der Waals surface area contributed by atoms with Crippen molar-refractivity contribution in [2.45, 2.75) is 0 Å². The van der Waals surface area contributed by atoms with Gasteiger partial charge in [0.05, 0.1) is 52.9 Å². The van der Waals surface area contributed by atoms with Gasteiger partial charge in [0.15, 0.2) is 0 Å². The number of rotatable bonds is 22. The molecule has 0 unspecified atom stereocenters. The van der Waals surface area contributed by atoms with Crippen LogP contribution in [-0.2, 0) is 18.9 Å². The minimum atomic E-state index is 0.473. The summed E-state index contributed by atoms with van der Waals surface area (Å²) in [5.41, 5.74) is 6.71. The normalized spacial score (nSPS) is 11.7. The molecular formula is C38H42Br2O6. The van der Waals surface area contributed by atoms with Gasteiger partial charge in [0, 0.05) is 10.7 Å². The number of alkyl halides is 2. The van der Waals surface area contributed by atoms with E-state index in [2.05, 4.69) is 105 Å². The van der Waals surface area contributed by atoms with Crippen LogP contribution in [0.15, 0.2) is 109 Å². The first kappa shape index (κ1) is 35.9. The van der Waals surface area contributed by atoms with Crippen LogP contribution in [0.1, 0.15) is 22.3 Å². The molecule has 0 fully saturated rings. The minimum Gasteiger partial charge on any atom is -0.491 e. The molecule has 46 heavy (non-hydrogen) atoms. The average molecular weight is 755 g/mol. The Bertz CT molecular complexity index is 1290. The molecule has 4 aromatic carbocycles. The summed E-state index contributed by atoms with van der Waals surface area (Å²) in [6.07, 6.45) is 0. The molecule has 4 rings (SSSR count). The van der Waals surface area contributed by atoms with E-state index in [4.69, 9.17) is 28.4 Å². The van der Waals surface area contributed by atoms with Gasteiger partial charge in [-0.05, 0) is 57.7 Å². The number of benzene rings is 4. The van der Waals surface area contributed by atoms with Crippen molar-refractivity contribution in [3.8, 4) is 11.5 Å². The lowest BCUT2D eigenvalue weighted by Gasteiger charge is -2.19. The summed E-state index contributed by atoms with van der Waals surface area (Å²) in [4.78, 5) is 0. The molecule has 0 saturated heterocycles. The summed E-state index contributed by atoms with van der Waals surface area (Å²) in [7, 11) is 0. The summed E-state index contributed by atoms with van der Waals surface area (Å²) in [5.74, 6) is 1.60.